The maximum absolute atomic E-state index is 11.4. The minimum atomic E-state index is -0.959. The van der Waals surface area contributed by atoms with E-state index in [0.717, 1.165) is 16.5 Å². The topological polar surface area (TPSA) is 71.5 Å². The molecule has 0 radical (unpaired) electrons. The van der Waals surface area contributed by atoms with E-state index in [2.05, 4.69) is 18.7 Å². The van der Waals surface area contributed by atoms with Crippen LogP contribution in [0.2, 0.25) is 10.0 Å². The zero-order valence-corrected chi connectivity index (χ0v) is 19.4. The molecule has 0 bridgehead atoms. The predicted octanol–water partition coefficient (Wildman–Crippen LogP) is 5.51. The van der Waals surface area contributed by atoms with Gasteiger partial charge < -0.3 is 20.3 Å². The summed E-state index contributed by atoms with van der Waals surface area (Å²) in [4.78, 5) is 13.9. The van der Waals surface area contributed by atoms with E-state index in [1.807, 2.05) is 24.3 Å². The molecule has 2 heterocycles. The van der Waals surface area contributed by atoms with Gasteiger partial charge in [-0.05, 0) is 75.7 Å². The van der Waals surface area contributed by atoms with Crippen LogP contribution < -0.4 is 5.73 Å². The third-order valence-electron chi connectivity index (χ3n) is 5.60. The molecule has 0 atom stereocenters. The van der Waals surface area contributed by atoms with Crippen molar-refractivity contribution in [3.05, 3.63) is 69.8 Å². The Morgan fingerprint density at radius 3 is 2.29 bits per heavy atom. The zero-order chi connectivity index (χ0) is 22.5. The normalized spacial score (nSPS) is 15.2. The lowest BCUT2D eigenvalue weighted by Crippen LogP contribution is -2.42. The predicted molar refractivity (Wildman–Crippen MR) is 128 cm³/mol. The van der Waals surface area contributed by atoms with Crippen molar-refractivity contribution >= 4 is 40.1 Å². The van der Waals surface area contributed by atoms with E-state index >= 15 is 0 Å². The summed E-state index contributed by atoms with van der Waals surface area (Å²) < 4.78 is 1.75. The molecule has 2 aromatic carbocycles. The fraction of sp³-hybridized carbons (Fsp3) is 0.375. The molecule has 1 fully saturated rings. The first-order chi connectivity index (χ1) is 14.7. The fourth-order valence-corrected chi connectivity index (χ4v) is 4.45. The van der Waals surface area contributed by atoms with Gasteiger partial charge in [-0.1, -0.05) is 41.4 Å². The number of benzene rings is 2. The number of likely N-dealkylation sites (tertiary alicyclic amines) is 1. The number of carboxylic acid groups (broad SMARTS) is 1. The number of para-hydroxylation sites is 1. The number of rotatable bonds is 4. The Morgan fingerprint density at radius 1 is 1.10 bits per heavy atom. The van der Waals surface area contributed by atoms with Gasteiger partial charge in [0, 0.05) is 39.6 Å². The number of piperidine rings is 1. The Labute approximate surface area is 193 Å². The molecule has 7 heteroatoms. The average molecular weight is 462 g/mol. The first-order valence-corrected chi connectivity index (χ1v) is 11.3. The Bertz CT molecular complexity index is 1020. The minimum absolute atomic E-state index is 0.243. The van der Waals surface area contributed by atoms with Gasteiger partial charge in [0.1, 0.15) is 5.69 Å². The van der Waals surface area contributed by atoms with Crippen molar-refractivity contribution in [3.8, 4) is 0 Å². The molecular formula is C24H29Cl2N3O2. The number of nitrogens with zero attached hydrogens (tertiary/aromatic N) is 2. The van der Waals surface area contributed by atoms with Crippen LogP contribution in [0.5, 0.6) is 0 Å². The van der Waals surface area contributed by atoms with Crippen molar-refractivity contribution in [2.24, 2.45) is 5.73 Å². The summed E-state index contributed by atoms with van der Waals surface area (Å²) in [6.07, 6.45) is 2.36. The molecule has 166 valence electrons. The van der Waals surface area contributed by atoms with Gasteiger partial charge in [0.25, 0.3) is 0 Å². The zero-order valence-electron chi connectivity index (χ0n) is 17.9. The van der Waals surface area contributed by atoms with E-state index in [4.69, 9.17) is 28.9 Å². The van der Waals surface area contributed by atoms with Crippen molar-refractivity contribution in [3.63, 3.8) is 0 Å². The molecule has 0 aliphatic carbocycles. The Hall–Kier alpha value is -2.05. The number of halogens is 2. The first-order valence-electron chi connectivity index (χ1n) is 10.5. The van der Waals surface area contributed by atoms with Gasteiger partial charge in [0.2, 0.25) is 0 Å². The van der Waals surface area contributed by atoms with Gasteiger partial charge in [-0.3, -0.25) is 0 Å². The van der Waals surface area contributed by atoms with Gasteiger partial charge in [-0.2, -0.15) is 0 Å². The number of hydrogen-bond donors (Lipinski definition) is 2. The number of hydrogen-bond acceptors (Lipinski definition) is 3. The molecule has 0 amide bonds. The number of carboxylic acids is 1. The molecule has 0 unspecified atom stereocenters. The van der Waals surface area contributed by atoms with Gasteiger partial charge >= 0.3 is 5.97 Å². The highest BCUT2D eigenvalue weighted by Crippen LogP contribution is 2.24. The molecule has 1 saturated heterocycles. The van der Waals surface area contributed by atoms with Crippen LogP contribution in [-0.4, -0.2) is 45.7 Å². The lowest BCUT2D eigenvalue weighted by Gasteiger charge is -2.32. The average Bonchev–Trinajstić information content (AvgIpc) is 3.07. The Kier molecular flexibility index (Phi) is 8.00. The van der Waals surface area contributed by atoms with Crippen LogP contribution in [0.4, 0.5) is 0 Å². The molecule has 1 aromatic heterocycles. The highest BCUT2D eigenvalue weighted by molar-refractivity contribution is 6.34. The maximum Gasteiger partial charge on any atom is 0.352 e. The van der Waals surface area contributed by atoms with Gasteiger partial charge in [-0.15, -0.1) is 0 Å². The van der Waals surface area contributed by atoms with Crippen LogP contribution in [-0.2, 0) is 6.54 Å². The van der Waals surface area contributed by atoms with Crippen LogP contribution in [0.15, 0.2) is 48.5 Å². The Balaban J connectivity index is 0.000000229. The highest BCUT2D eigenvalue weighted by atomic mass is 35.5. The van der Waals surface area contributed by atoms with Gasteiger partial charge in [-0.25, -0.2) is 4.79 Å². The fourth-order valence-electron chi connectivity index (χ4n) is 3.88. The number of aromatic carboxylic acids is 1. The third-order valence-corrected chi connectivity index (χ3v) is 6.03. The van der Waals surface area contributed by atoms with Gasteiger partial charge in [0.05, 0.1) is 0 Å². The molecule has 4 rings (SSSR count). The second-order valence-corrected chi connectivity index (χ2v) is 9.10. The van der Waals surface area contributed by atoms with E-state index in [1.54, 1.807) is 28.8 Å². The smallest absolute Gasteiger partial charge is 0.352 e. The van der Waals surface area contributed by atoms with Crippen molar-refractivity contribution in [1.82, 2.24) is 9.47 Å². The summed E-state index contributed by atoms with van der Waals surface area (Å²) >= 11 is 12.0. The van der Waals surface area contributed by atoms with Gasteiger partial charge in [0.15, 0.2) is 0 Å². The molecular weight excluding hydrogens is 433 g/mol. The number of carbonyl (C=O) groups is 1. The number of nitrogens with two attached hydrogens (primary N) is 1. The van der Waals surface area contributed by atoms with E-state index in [9.17, 15) is 9.90 Å². The van der Waals surface area contributed by atoms with Crippen molar-refractivity contribution in [2.75, 3.05) is 13.1 Å². The van der Waals surface area contributed by atoms with Crippen LogP contribution in [0.3, 0.4) is 0 Å². The second-order valence-electron chi connectivity index (χ2n) is 8.22. The standard InChI is InChI=1S/C16H11Cl2NO2.C8H18N2/c17-12-5-10(6-13(18)8-12)9-19-14-4-2-1-3-11(14)7-15(19)16(20)21;1-7(2)10-5-3-8(9)4-6-10/h1-8H,9H2,(H,20,21);7-8H,3-6,9H2,1-2H3. The van der Waals surface area contributed by atoms with E-state index in [-0.39, 0.29) is 5.69 Å². The quantitative estimate of drug-likeness (QED) is 0.536. The highest BCUT2D eigenvalue weighted by Gasteiger charge is 2.17. The summed E-state index contributed by atoms with van der Waals surface area (Å²) in [6.45, 7) is 7.28. The van der Waals surface area contributed by atoms with E-state index < -0.39 is 5.97 Å². The summed E-state index contributed by atoms with van der Waals surface area (Å²) in [5.74, 6) is -0.959. The summed E-state index contributed by atoms with van der Waals surface area (Å²) in [7, 11) is 0. The minimum Gasteiger partial charge on any atom is -0.477 e. The van der Waals surface area contributed by atoms with Crippen LogP contribution in [0.1, 0.15) is 42.7 Å². The van der Waals surface area contributed by atoms with Crippen molar-refractivity contribution in [2.45, 2.75) is 45.3 Å². The largest absolute Gasteiger partial charge is 0.477 e. The Morgan fingerprint density at radius 2 is 1.71 bits per heavy atom. The van der Waals surface area contributed by atoms with Crippen LogP contribution >= 0.6 is 23.2 Å². The van der Waals surface area contributed by atoms with Crippen molar-refractivity contribution in [1.29, 1.82) is 0 Å². The first kappa shape index (κ1) is 23.6. The molecule has 1 aliphatic rings. The third kappa shape index (κ3) is 6.23. The molecule has 1 aliphatic heterocycles. The van der Waals surface area contributed by atoms with E-state index in [0.29, 0.717) is 28.7 Å². The summed E-state index contributed by atoms with van der Waals surface area (Å²) in [6, 6.07) is 15.6. The second kappa shape index (κ2) is 10.5. The summed E-state index contributed by atoms with van der Waals surface area (Å²) in [5, 5.41) is 11.3. The van der Waals surface area contributed by atoms with Crippen molar-refractivity contribution < 1.29 is 9.90 Å². The molecule has 0 saturated carbocycles. The molecule has 3 aromatic rings. The molecule has 0 spiro atoms. The lowest BCUT2D eigenvalue weighted by molar-refractivity contribution is 0.0686. The molecule has 3 N–H and O–H groups in total. The SMILES string of the molecule is CC(C)N1CCC(N)CC1.O=C(O)c1cc2ccccc2n1Cc1cc(Cl)cc(Cl)c1. The summed E-state index contributed by atoms with van der Waals surface area (Å²) in [5.41, 5.74) is 7.74. The van der Waals surface area contributed by atoms with Crippen LogP contribution in [0, 0.1) is 0 Å². The lowest BCUT2D eigenvalue weighted by atomic mass is 10.1. The van der Waals surface area contributed by atoms with Crippen LogP contribution in [0.25, 0.3) is 10.9 Å². The number of aromatic nitrogens is 1. The van der Waals surface area contributed by atoms with E-state index in [1.165, 1.54) is 25.9 Å². The molecule has 31 heavy (non-hydrogen) atoms. The maximum atomic E-state index is 11.4. The number of fused-ring (bicyclic) bond motifs is 1. The monoisotopic (exact) mass is 461 g/mol. The molecule has 5 nitrogen and oxygen atoms in total.